The smallest absolute Gasteiger partial charge is 0.387 e. The zero-order valence-corrected chi connectivity index (χ0v) is 17.9. The SMILES string of the molecule is COc1cc(C(=O)NCCCN2CCN(c3cccc(C)c3)CC2)ccc1OC(F)F. The van der Waals surface area contributed by atoms with E-state index in [1.165, 1.54) is 36.6 Å². The molecule has 0 spiro atoms. The molecule has 1 saturated heterocycles. The molecule has 3 rings (SSSR count). The number of carbonyl (C=O) groups excluding carboxylic acids is 1. The van der Waals surface area contributed by atoms with Crippen molar-refractivity contribution in [3.63, 3.8) is 0 Å². The van der Waals surface area contributed by atoms with Crippen LogP contribution in [0.25, 0.3) is 0 Å². The van der Waals surface area contributed by atoms with Crippen molar-refractivity contribution in [3.05, 3.63) is 53.6 Å². The van der Waals surface area contributed by atoms with E-state index < -0.39 is 6.61 Å². The largest absolute Gasteiger partial charge is 0.493 e. The number of amides is 1. The molecule has 0 unspecified atom stereocenters. The lowest BCUT2D eigenvalue weighted by molar-refractivity contribution is -0.0512. The van der Waals surface area contributed by atoms with Gasteiger partial charge in [0.25, 0.3) is 5.91 Å². The zero-order valence-electron chi connectivity index (χ0n) is 17.9. The van der Waals surface area contributed by atoms with Gasteiger partial charge in [0.1, 0.15) is 0 Å². The van der Waals surface area contributed by atoms with Gasteiger partial charge in [0.05, 0.1) is 7.11 Å². The van der Waals surface area contributed by atoms with Crippen molar-refractivity contribution in [3.8, 4) is 11.5 Å². The maximum Gasteiger partial charge on any atom is 0.387 e. The molecule has 8 heteroatoms. The molecule has 1 heterocycles. The summed E-state index contributed by atoms with van der Waals surface area (Å²) >= 11 is 0. The van der Waals surface area contributed by atoms with Gasteiger partial charge in [0.2, 0.25) is 0 Å². The fourth-order valence-electron chi connectivity index (χ4n) is 3.66. The number of piperazine rings is 1. The molecule has 1 aliphatic rings. The Morgan fingerprint density at radius 2 is 1.87 bits per heavy atom. The van der Waals surface area contributed by atoms with Crippen molar-refractivity contribution in [1.82, 2.24) is 10.2 Å². The van der Waals surface area contributed by atoms with E-state index in [9.17, 15) is 13.6 Å². The summed E-state index contributed by atoms with van der Waals surface area (Å²) < 4.78 is 34.2. The third kappa shape index (κ3) is 6.55. The number of aryl methyl sites for hydroxylation is 1. The highest BCUT2D eigenvalue weighted by molar-refractivity contribution is 5.94. The fourth-order valence-corrected chi connectivity index (χ4v) is 3.66. The second kappa shape index (κ2) is 10.9. The highest BCUT2D eigenvalue weighted by Crippen LogP contribution is 2.29. The van der Waals surface area contributed by atoms with Crippen LogP contribution >= 0.6 is 0 Å². The molecule has 0 radical (unpaired) electrons. The van der Waals surface area contributed by atoms with Crippen LogP contribution in [0.2, 0.25) is 0 Å². The van der Waals surface area contributed by atoms with Crippen LogP contribution < -0.4 is 19.7 Å². The van der Waals surface area contributed by atoms with E-state index >= 15 is 0 Å². The molecule has 31 heavy (non-hydrogen) atoms. The van der Waals surface area contributed by atoms with Crippen LogP contribution in [0.5, 0.6) is 11.5 Å². The number of anilines is 1. The number of carbonyl (C=O) groups is 1. The average molecular weight is 433 g/mol. The topological polar surface area (TPSA) is 54.0 Å². The van der Waals surface area contributed by atoms with Crippen molar-refractivity contribution >= 4 is 11.6 Å². The van der Waals surface area contributed by atoms with Crippen LogP contribution in [0.1, 0.15) is 22.3 Å². The minimum absolute atomic E-state index is 0.0967. The fraction of sp³-hybridized carbons (Fsp3) is 0.435. The van der Waals surface area contributed by atoms with Gasteiger partial charge in [-0.2, -0.15) is 8.78 Å². The van der Waals surface area contributed by atoms with Gasteiger partial charge in [-0.3, -0.25) is 9.69 Å². The summed E-state index contributed by atoms with van der Waals surface area (Å²) in [5, 5.41) is 2.87. The standard InChI is InChI=1S/C23H29F2N3O3/c1-17-5-3-6-19(15-17)28-13-11-27(12-14-28)10-4-9-26-22(29)18-7-8-20(31-23(24)25)21(16-18)30-2/h3,5-8,15-16,23H,4,9-14H2,1-2H3,(H,26,29). The molecular formula is C23H29F2N3O3. The first kappa shape index (κ1) is 22.8. The number of ether oxygens (including phenoxy) is 2. The Morgan fingerprint density at radius 3 is 2.55 bits per heavy atom. The second-order valence-corrected chi connectivity index (χ2v) is 7.52. The molecule has 6 nitrogen and oxygen atoms in total. The van der Waals surface area contributed by atoms with Gasteiger partial charge in [-0.15, -0.1) is 0 Å². The van der Waals surface area contributed by atoms with Gasteiger partial charge < -0.3 is 19.7 Å². The van der Waals surface area contributed by atoms with E-state index in [0.717, 1.165) is 39.1 Å². The number of rotatable bonds is 9. The van der Waals surface area contributed by atoms with Gasteiger partial charge in [0, 0.05) is 44.0 Å². The van der Waals surface area contributed by atoms with Crippen LogP contribution in [0.3, 0.4) is 0 Å². The lowest BCUT2D eigenvalue weighted by Crippen LogP contribution is -2.47. The Hall–Kier alpha value is -2.87. The lowest BCUT2D eigenvalue weighted by atomic mass is 10.2. The molecule has 2 aromatic carbocycles. The summed E-state index contributed by atoms with van der Waals surface area (Å²) in [7, 11) is 1.34. The van der Waals surface area contributed by atoms with Gasteiger partial charge in [-0.25, -0.2) is 0 Å². The summed E-state index contributed by atoms with van der Waals surface area (Å²) in [5.41, 5.74) is 2.88. The van der Waals surface area contributed by atoms with Crippen LogP contribution in [0, 0.1) is 6.92 Å². The summed E-state index contributed by atoms with van der Waals surface area (Å²) in [6, 6.07) is 12.7. The monoisotopic (exact) mass is 433 g/mol. The van der Waals surface area contributed by atoms with Crippen molar-refractivity contribution in [1.29, 1.82) is 0 Å². The number of hydrogen-bond acceptors (Lipinski definition) is 5. The van der Waals surface area contributed by atoms with E-state index in [4.69, 9.17) is 4.74 Å². The number of nitrogens with one attached hydrogen (secondary N) is 1. The second-order valence-electron chi connectivity index (χ2n) is 7.52. The predicted molar refractivity (Wildman–Crippen MR) is 116 cm³/mol. The van der Waals surface area contributed by atoms with Gasteiger partial charge in [0.15, 0.2) is 11.5 Å². The molecule has 1 fully saturated rings. The Kier molecular flexibility index (Phi) is 8.06. The van der Waals surface area contributed by atoms with Crippen LogP contribution in [-0.4, -0.2) is 63.8 Å². The molecule has 0 saturated carbocycles. The normalized spacial score (nSPS) is 14.5. The van der Waals surface area contributed by atoms with Gasteiger partial charge >= 0.3 is 6.61 Å². The first-order valence-electron chi connectivity index (χ1n) is 10.4. The first-order chi connectivity index (χ1) is 15.0. The highest BCUT2D eigenvalue weighted by Gasteiger charge is 2.17. The molecule has 168 valence electrons. The first-order valence-corrected chi connectivity index (χ1v) is 10.4. The summed E-state index contributed by atoms with van der Waals surface area (Å²) in [6.45, 7) is 4.56. The quantitative estimate of drug-likeness (QED) is 0.613. The average Bonchev–Trinajstić information content (AvgIpc) is 2.77. The molecule has 1 aliphatic heterocycles. The van der Waals surface area contributed by atoms with E-state index in [1.807, 2.05) is 0 Å². The van der Waals surface area contributed by atoms with Crippen molar-refractivity contribution in [2.24, 2.45) is 0 Å². The van der Waals surface area contributed by atoms with E-state index in [1.54, 1.807) is 0 Å². The van der Waals surface area contributed by atoms with Crippen molar-refractivity contribution < 1.29 is 23.0 Å². The van der Waals surface area contributed by atoms with Crippen molar-refractivity contribution in [2.75, 3.05) is 51.3 Å². The lowest BCUT2D eigenvalue weighted by Gasteiger charge is -2.36. The molecule has 2 aromatic rings. The summed E-state index contributed by atoms with van der Waals surface area (Å²) in [4.78, 5) is 17.2. The predicted octanol–water partition coefficient (Wildman–Crippen LogP) is 3.55. The Morgan fingerprint density at radius 1 is 1.10 bits per heavy atom. The third-order valence-electron chi connectivity index (χ3n) is 5.32. The molecule has 0 aromatic heterocycles. The molecule has 1 amide bonds. The van der Waals surface area contributed by atoms with Crippen LogP contribution in [0.4, 0.5) is 14.5 Å². The molecule has 0 bridgehead atoms. The Bertz CT molecular complexity index is 871. The van der Waals surface area contributed by atoms with Crippen LogP contribution in [-0.2, 0) is 0 Å². The van der Waals surface area contributed by atoms with E-state index in [0.29, 0.717) is 12.1 Å². The molecule has 0 atom stereocenters. The Labute approximate surface area is 181 Å². The number of benzene rings is 2. The zero-order chi connectivity index (χ0) is 22.2. The molecule has 1 N–H and O–H groups in total. The number of halogens is 2. The molecular weight excluding hydrogens is 404 g/mol. The van der Waals surface area contributed by atoms with Crippen molar-refractivity contribution in [2.45, 2.75) is 20.0 Å². The minimum atomic E-state index is -2.95. The minimum Gasteiger partial charge on any atom is -0.493 e. The highest BCUT2D eigenvalue weighted by atomic mass is 19.3. The van der Waals surface area contributed by atoms with E-state index in [2.05, 4.69) is 51.0 Å². The molecule has 0 aliphatic carbocycles. The number of methoxy groups -OCH3 is 1. The maximum absolute atomic E-state index is 12.4. The number of alkyl halides is 2. The third-order valence-corrected chi connectivity index (χ3v) is 5.32. The summed E-state index contributed by atoms with van der Waals surface area (Å²) in [5.74, 6) is -0.274. The summed E-state index contributed by atoms with van der Waals surface area (Å²) in [6.07, 6.45) is 0.833. The Balaban J connectivity index is 1.39. The van der Waals surface area contributed by atoms with Gasteiger partial charge in [-0.1, -0.05) is 12.1 Å². The number of nitrogens with zero attached hydrogens (tertiary/aromatic N) is 2. The van der Waals surface area contributed by atoms with Crippen LogP contribution in [0.15, 0.2) is 42.5 Å². The van der Waals surface area contributed by atoms with E-state index in [-0.39, 0.29) is 17.4 Å². The maximum atomic E-state index is 12.4. The number of hydrogen-bond donors (Lipinski definition) is 1. The van der Waals surface area contributed by atoms with Gasteiger partial charge in [-0.05, 0) is 55.8 Å².